The summed E-state index contributed by atoms with van der Waals surface area (Å²) in [5, 5.41) is 10.9. The average Bonchev–Trinajstić information content (AvgIpc) is 2.17. The minimum Gasteiger partial charge on any atom is -0.351 e. The highest BCUT2D eigenvalue weighted by atomic mass is 35.5. The van der Waals surface area contributed by atoms with Crippen molar-refractivity contribution in [2.24, 2.45) is 0 Å². The second-order valence-electron chi connectivity index (χ2n) is 2.79. The molecule has 78 valence electrons. The van der Waals surface area contributed by atoms with E-state index in [0.29, 0.717) is 0 Å². The Morgan fingerprint density at radius 2 is 2.33 bits per heavy atom. The van der Waals surface area contributed by atoms with E-state index < -0.39 is 11.7 Å². The molecule has 0 aliphatic carbocycles. The van der Waals surface area contributed by atoms with Crippen molar-refractivity contribution in [3.05, 3.63) is 34.6 Å². The topological polar surface area (TPSA) is 52.9 Å². The van der Waals surface area contributed by atoms with Crippen LogP contribution in [0.15, 0.2) is 18.2 Å². The predicted molar refractivity (Wildman–Crippen MR) is 54.0 cm³/mol. The van der Waals surface area contributed by atoms with E-state index in [-0.39, 0.29) is 23.6 Å². The second kappa shape index (κ2) is 5.32. The standard InChI is InChI=1S/C10H8ClFN2O/c11-7-2-3-8(9(12)6-7)10(15)14-5-1-4-13/h2-3,6H,1,5H2,(H,14,15). The molecule has 0 aliphatic rings. The SMILES string of the molecule is N#CCCNC(=O)c1ccc(Cl)cc1F. The van der Waals surface area contributed by atoms with E-state index in [4.69, 9.17) is 16.9 Å². The normalized spacial score (nSPS) is 9.40. The molecular formula is C10H8ClFN2O. The smallest absolute Gasteiger partial charge is 0.254 e. The van der Waals surface area contributed by atoms with Gasteiger partial charge in [-0.15, -0.1) is 0 Å². The quantitative estimate of drug-likeness (QED) is 0.803. The van der Waals surface area contributed by atoms with Gasteiger partial charge in [-0.2, -0.15) is 5.26 Å². The summed E-state index contributed by atoms with van der Waals surface area (Å²) >= 11 is 5.53. The highest BCUT2D eigenvalue weighted by Crippen LogP contribution is 2.14. The van der Waals surface area contributed by atoms with Crippen LogP contribution in [0.1, 0.15) is 16.8 Å². The number of hydrogen-bond donors (Lipinski definition) is 1. The Labute approximate surface area is 91.5 Å². The van der Waals surface area contributed by atoms with Crippen molar-refractivity contribution in [3.63, 3.8) is 0 Å². The summed E-state index contributed by atoms with van der Waals surface area (Å²) in [5.41, 5.74) is -0.0719. The van der Waals surface area contributed by atoms with E-state index in [1.54, 1.807) is 0 Å². The van der Waals surface area contributed by atoms with Gasteiger partial charge in [0.15, 0.2) is 0 Å². The van der Waals surface area contributed by atoms with Crippen LogP contribution in [0.4, 0.5) is 4.39 Å². The fraction of sp³-hybridized carbons (Fsp3) is 0.200. The molecule has 0 radical (unpaired) electrons. The summed E-state index contributed by atoms with van der Waals surface area (Å²) in [5.74, 6) is -1.21. The molecule has 5 heteroatoms. The zero-order valence-electron chi connectivity index (χ0n) is 7.76. The molecule has 0 saturated heterocycles. The third-order valence-electron chi connectivity index (χ3n) is 1.70. The molecule has 0 fully saturated rings. The zero-order chi connectivity index (χ0) is 11.3. The summed E-state index contributed by atoms with van der Waals surface area (Å²) in [6, 6.07) is 5.68. The number of nitriles is 1. The van der Waals surface area contributed by atoms with Crippen molar-refractivity contribution in [2.75, 3.05) is 6.54 Å². The third kappa shape index (κ3) is 3.22. The molecule has 0 aliphatic heterocycles. The maximum absolute atomic E-state index is 13.2. The van der Waals surface area contributed by atoms with Crippen molar-refractivity contribution in [3.8, 4) is 6.07 Å². The fourth-order valence-electron chi connectivity index (χ4n) is 1.00. The molecule has 0 bridgehead atoms. The molecule has 0 heterocycles. The molecule has 0 saturated carbocycles. The minimum atomic E-state index is -0.669. The summed E-state index contributed by atoms with van der Waals surface area (Å²) < 4.78 is 13.2. The Morgan fingerprint density at radius 3 is 2.93 bits per heavy atom. The van der Waals surface area contributed by atoms with Gasteiger partial charge in [-0.1, -0.05) is 11.6 Å². The lowest BCUT2D eigenvalue weighted by atomic mass is 10.2. The fourth-order valence-corrected chi connectivity index (χ4v) is 1.16. The Hall–Kier alpha value is -1.60. The summed E-state index contributed by atoms with van der Waals surface area (Å²) in [7, 11) is 0. The van der Waals surface area contributed by atoms with Crippen LogP contribution in [-0.2, 0) is 0 Å². The van der Waals surface area contributed by atoms with Gasteiger partial charge in [0.25, 0.3) is 5.91 Å². The van der Waals surface area contributed by atoms with Gasteiger partial charge in [-0.05, 0) is 18.2 Å². The lowest BCUT2D eigenvalue weighted by Crippen LogP contribution is -2.25. The first-order chi connectivity index (χ1) is 7.15. The molecule has 3 nitrogen and oxygen atoms in total. The Kier molecular flexibility index (Phi) is 4.07. The molecule has 1 N–H and O–H groups in total. The van der Waals surface area contributed by atoms with E-state index in [1.165, 1.54) is 12.1 Å². The summed E-state index contributed by atoms with van der Waals surface area (Å²) in [6.07, 6.45) is 0.195. The van der Waals surface area contributed by atoms with E-state index >= 15 is 0 Å². The summed E-state index contributed by atoms with van der Waals surface area (Å²) in [6.45, 7) is 0.206. The molecule has 0 spiro atoms. The second-order valence-corrected chi connectivity index (χ2v) is 3.22. The number of carbonyl (C=O) groups is 1. The number of hydrogen-bond acceptors (Lipinski definition) is 2. The molecule has 1 aromatic rings. The van der Waals surface area contributed by atoms with Crippen LogP contribution in [0.2, 0.25) is 5.02 Å². The van der Waals surface area contributed by atoms with Crippen LogP contribution in [0.25, 0.3) is 0 Å². The van der Waals surface area contributed by atoms with Crippen LogP contribution in [-0.4, -0.2) is 12.5 Å². The predicted octanol–water partition coefficient (Wildman–Crippen LogP) is 2.12. The van der Waals surface area contributed by atoms with Crippen LogP contribution < -0.4 is 5.32 Å². The van der Waals surface area contributed by atoms with Crippen LogP contribution in [0.3, 0.4) is 0 Å². The van der Waals surface area contributed by atoms with Crippen molar-refractivity contribution in [2.45, 2.75) is 6.42 Å². The molecule has 0 atom stereocenters. The van der Waals surface area contributed by atoms with Crippen LogP contribution in [0, 0.1) is 17.1 Å². The average molecular weight is 227 g/mol. The van der Waals surface area contributed by atoms with Gasteiger partial charge < -0.3 is 5.32 Å². The number of benzene rings is 1. The molecule has 1 aromatic carbocycles. The number of halogens is 2. The van der Waals surface area contributed by atoms with Gasteiger partial charge in [0.05, 0.1) is 18.1 Å². The number of nitrogens with zero attached hydrogens (tertiary/aromatic N) is 1. The highest BCUT2D eigenvalue weighted by molar-refractivity contribution is 6.30. The number of rotatable bonds is 3. The van der Waals surface area contributed by atoms with Crippen molar-refractivity contribution < 1.29 is 9.18 Å². The van der Waals surface area contributed by atoms with E-state index in [1.807, 2.05) is 6.07 Å². The first kappa shape index (κ1) is 11.5. The number of nitrogens with one attached hydrogen (secondary N) is 1. The van der Waals surface area contributed by atoms with Crippen LogP contribution >= 0.6 is 11.6 Å². The molecule has 1 rings (SSSR count). The summed E-state index contributed by atoms with van der Waals surface area (Å²) in [4.78, 5) is 11.3. The van der Waals surface area contributed by atoms with E-state index in [2.05, 4.69) is 5.32 Å². The zero-order valence-corrected chi connectivity index (χ0v) is 8.51. The lowest BCUT2D eigenvalue weighted by molar-refractivity contribution is 0.0950. The van der Waals surface area contributed by atoms with Gasteiger partial charge >= 0.3 is 0 Å². The number of amides is 1. The van der Waals surface area contributed by atoms with Crippen molar-refractivity contribution >= 4 is 17.5 Å². The van der Waals surface area contributed by atoms with Crippen molar-refractivity contribution in [1.29, 1.82) is 5.26 Å². The first-order valence-corrected chi connectivity index (χ1v) is 4.63. The number of carbonyl (C=O) groups excluding carboxylic acids is 1. The highest BCUT2D eigenvalue weighted by Gasteiger charge is 2.10. The molecule has 0 aromatic heterocycles. The monoisotopic (exact) mass is 226 g/mol. The molecule has 0 unspecified atom stereocenters. The Balaban J connectivity index is 2.70. The van der Waals surface area contributed by atoms with Gasteiger partial charge in [0, 0.05) is 11.6 Å². The third-order valence-corrected chi connectivity index (χ3v) is 1.93. The van der Waals surface area contributed by atoms with Crippen LogP contribution in [0.5, 0.6) is 0 Å². The lowest BCUT2D eigenvalue weighted by Gasteiger charge is -2.03. The Morgan fingerprint density at radius 1 is 1.60 bits per heavy atom. The van der Waals surface area contributed by atoms with Gasteiger partial charge in [-0.25, -0.2) is 4.39 Å². The van der Waals surface area contributed by atoms with Gasteiger partial charge in [0.1, 0.15) is 5.82 Å². The molecule has 1 amide bonds. The van der Waals surface area contributed by atoms with E-state index in [0.717, 1.165) is 6.07 Å². The van der Waals surface area contributed by atoms with Gasteiger partial charge in [-0.3, -0.25) is 4.79 Å². The molecule has 15 heavy (non-hydrogen) atoms. The Bertz CT molecular complexity index is 414. The maximum atomic E-state index is 13.2. The largest absolute Gasteiger partial charge is 0.351 e. The first-order valence-electron chi connectivity index (χ1n) is 4.25. The minimum absolute atomic E-state index is 0.0719. The van der Waals surface area contributed by atoms with E-state index in [9.17, 15) is 9.18 Å². The van der Waals surface area contributed by atoms with Crippen molar-refractivity contribution in [1.82, 2.24) is 5.32 Å². The molecular weight excluding hydrogens is 219 g/mol. The van der Waals surface area contributed by atoms with Gasteiger partial charge in [0.2, 0.25) is 0 Å². The maximum Gasteiger partial charge on any atom is 0.254 e.